The van der Waals surface area contributed by atoms with Gasteiger partial charge in [0.25, 0.3) is 0 Å². The van der Waals surface area contributed by atoms with E-state index in [9.17, 15) is 19.8 Å². The lowest BCUT2D eigenvalue weighted by Crippen LogP contribution is -2.53. The minimum atomic E-state index is -1.52. The average Bonchev–Trinajstić information content (AvgIpc) is 2.37. The van der Waals surface area contributed by atoms with Crippen molar-refractivity contribution in [1.29, 1.82) is 0 Å². The first-order chi connectivity index (χ1) is 9.02. The second kappa shape index (κ2) is 5.51. The standard InChI is InChI=1S/C15H24O4/c1-2-5-10-8-11-6-3-4-7-12(11)15(9-10,13(16)17)14(18)19/h10-12H,2-9H2,1H3,(H,16,17)(H,18,19). The van der Waals surface area contributed by atoms with E-state index in [2.05, 4.69) is 6.92 Å². The summed E-state index contributed by atoms with van der Waals surface area (Å²) in [5.74, 6) is -1.83. The topological polar surface area (TPSA) is 74.6 Å². The van der Waals surface area contributed by atoms with Crippen LogP contribution in [0.25, 0.3) is 0 Å². The Hall–Kier alpha value is -1.06. The first-order valence-electron chi connectivity index (χ1n) is 7.49. The average molecular weight is 268 g/mol. The number of rotatable bonds is 4. The third kappa shape index (κ3) is 2.37. The molecule has 2 N–H and O–H groups in total. The lowest BCUT2D eigenvalue weighted by molar-refractivity contribution is -0.179. The minimum Gasteiger partial charge on any atom is -0.480 e. The highest BCUT2D eigenvalue weighted by Gasteiger charge is 2.58. The van der Waals surface area contributed by atoms with Crippen LogP contribution >= 0.6 is 0 Å². The first kappa shape index (κ1) is 14.4. The number of carboxylic acid groups (broad SMARTS) is 2. The zero-order valence-corrected chi connectivity index (χ0v) is 11.6. The second-order valence-corrected chi connectivity index (χ2v) is 6.33. The van der Waals surface area contributed by atoms with Gasteiger partial charge in [-0.2, -0.15) is 0 Å². The lowest BCUT2D eigenvalue weighted by atomic mass is 9.54. The van der Waals surface area contributed by atoms with Gasteiger partial charge >= 0.3 is 11.9 Å². The summed E-state index contributed by atoms with van der Waals surface area (Å²) >= 11 is 0. The van der Waals surface area contributed by atoms with Gasteiger partial charge in [-0.15, -0.1) is 0 Å². The van der Waals surface area contributed by atoms with E-state index in [0.29, 0.717) is 12.3 Å². The fraction of sp³-hybridized carbons (Fsp3) is 0.867. The Morgan fingerprint density at radius 1 is 1.16 bits per heavy atom. The Labute approximate surface area is 114 Å². The molecule has 2 fully saturated rings. The largest absolute Gasteiger partial charge is 0.480 e. The van der Waals surface area contributed by atoms with Crippen LogP contribution < -0.4 is 0 Å². The molecule has 4 heteroatoms. The van der Waals surface area contributed by atoms with Gasteiger partial charge in [0.05, 0.1) is 0 Å². The number of hydrogen-bond acceptors (Lipinski definition) is 2. The van der Waals surface area contributed by atoms with Crippen LogP contribution in [0.2, 0.25) is 0 Å². The molecule has 0 aliphatic heterocycles. The summed E-state index contributed by atoms with van der Waals surface area (Å²) in [6.45, 7) is 2.08. The van der Waals surface area contributed by atoms with Crippen molar-refractivity contribution in [3.8, 4) is 0 Å². The van der Waals surface area contributed by atoms with Crippen LogP contribution in [0.1, 0.15) is 58.3 Å². The van der Waals surface area contributed by atoms with E-state index in [-0.39, 0.29) is 11.8 Å². The van der Waals surface area contributed by atoms with Crippen LogP contribution in [-0.4, -0.2) is 22.2 Å². The fourth-order valence-corrected chi connectivity index (χ4v) is 4.47. The summed E-state index contributed by atoms with van der Waals surface area (Å²) in [7, 11) is 0. The predicted molar refractivity (Wildman–Crippen MR) is 70.8 cm³/mol. The highest BCUT2D eigenvalue weighted by Crippen LogP contribution is 2.54. The smallest absolute Gasteiger partial charge is 0.321 e. The Balaban J connectivity index is 2.34. The molecule has 0 aromatic carbocycles. The van der Waals surface area contributed by atoms with Crippen molar-refractivity contribution in [3.63, 3.8) is 0 Å². The molecule has 3 unspecified atom stereocenters. The SMILES string of the molecule is CCCC1CC2CCCCC2C(C(=O)O)(C(=O)O)C1. The van der Waals surface area contributed by atoms with Gasteiger partial charge in [0, 0.05) is 0 Å². The Morgan fingerprint density at radius 3 is 2.37 bits per heavy atom. The second-order valence-electron chi connectivity index (χ2n) is 6.33. The van der Waals surface area contributed by atoms with Gasteiger partial charge in [-0.3, -0.25) is 9.59 Å². The third-order valence-electron chi connectivity index (χ3n) is 5.25. The summed E-state index contributed by atoms with van der Waals surface area (Å²) in [4.78, 5) is 23.5. The predicted octanol–water partition coefficient (Wildman–Crippen LogP) is 3.16. The number of carbonyl (C=O) groups is 2. The van der Waals surface area contributed by atoms with Crippen LogP contribution in [0.3, 0.4) is 0 Å². The molecule has 0 heterocycles. The van der Waals surface area contributed by atoms with Crippen molar-refractivity contribution < 1.29 is 19.8 Å². The van der Waals surface area contributed by atoms with Crippen LogP contribution in [0.5, 0.6) is 0 Å². The summed E-state index contributed by atoms with van der Waals surface area (Å²) in [5, 5.41) is 19.2. The number of carboxylic acids is 2. The van der Waals surface area contributed by atoms with Gasteiger partial charge in [0.1, 0.15) is 0 Å². The van der Waals surface area contributed by atoms with Crippen LogP contribution in [0, 0.1) is 23.2 Å². The van der Waals surface area contributed by atoms with Crippen molar-refractivity contribution in [2.75, 3.05) is 0 Å². The van der Waals surface area contributed by atoms with Gasteiger partial charge in [0.2, 0.25) is 0 Å². The van der Waals surface area contributed by atoms with Crippen molar-refractivity contribution in [3.05, 3.63) is 0 Å². The van der Waals surface area contributed by atoms with E-state index in [0.717, 1.165) is 44.9 Å². The molecule has 4 nitrogen and oxygen atoms in total. The molecule has 0 spiro atoms. The van der Waals surface area contributed by atoms with Gasteiger partial charge in [-0.25, -0.2) is 0 Å². The summed E-state index contributed by atoms with van der Waals surface area (Å²) in [6.07, 6.45) is 7.17. The summed E-state index contributed by atoms with van der Waals surface area (Å²) in [6, 6.07) is 0. The molecule has 0 saturated heterocycles. The van der Waals surface area contributed by atoms with E-state index in [1.54, 1.807) is 0 Å². The monoisotopic (exact) mass is 268 g/mol. The number of fused-ring (bicyclic) bond motifs is 1. The maximum absolute atomic E-state index is 11.7. The normalized spacial score (nSPS) is 33.4. The fourth-order valence-electron chi connectivity index (χ4n) is 4.47. The van der Waals surface area contributed by atoms with Crippen molar-refractivity contribution in [1.82, 2.24) is 0 Å². The molecular formula is C15H24O4. The van der Waals surface area contributed by atoms with E-state index < -0.39 is 17.4 Å². The van der Waals surface area contributed by atoms with Crippen molar-refractivity contribution in [2.24, 2.45) is 23.2 Å². The number of hydrogen-bond donors (Lipinski definition) is 2. The molecule has 0 amide bonds. The summed E-state index contributed by atoms with van der Waals surface area (Å²) in [5.41, 5.74) is -1.52. The molecule has 2 rings (SSSR count). The van der Waals surface area contributed by atoms with Crippen LogP contribution in [0.15, 0.2) is 0 Å². The highest BCUT2D eigenvalue weighted by atomic mass is 16.4. The Kier molecular flexibility index (Phi) is 4.16. The molecule has 2 aliphatic carbocycles. The van der Waals surface area contributed by atoms with Crippen molar-refractivity contribution in [2.45, 2.75) is 58.3 Å². The van der Waals surface area contributed by atoms with Gasteiger partial charge in [-0.1, -0.05) is 39.0 Å². The van der Waals surface area contributed by atoms with Gasteiger partial charge in [-0.05, 0) is 37.0 Å². The van der Waals surface area contributed by atoms with E-state index in [1.807, 2.05) is 0 Å². The lowest BCUT2D eigenvalue weighted by Gasteiger charge is -2.48. The molecule has 0 aromatic heterocycles. The number of aliphatic carboxylic acids is 2. The van der Waals surface area contributed by atoms with Crippen LogP contribution in [0.4, 0.5) is 0 Å². The molecule has 2 aliphatic rings. The van der Waals surface area contributed by atoms with E-state index in [1.165, 1.54) is 0 Å². The quantitative estimate of drug-likeness (QED) is 0.768. The summed E-state index contributed by atoms with van der Waals surface area (Å²) < 4.78 is 0. The van der Waals surface area contributed by atoms with E-state index >= 15 is 0 Å². The zero-order valence-electron chi connectivity index (χ0n) is 11.6. The molecule has 19 heavy (non-hydrogen) atoms. The molecule has 0 aromatic rings. The molecule has 2 saturated carbocycles. The molecular weight excluding hydrogens is 244 g/mol. The van der Waals surface area contributed by atoms with Gasteiger partial charge in [0.15, 0.2) is 5.41 Å². The van der Waals surface area contributed by atoms with Crippen LogP contribution in [-0.2, 0) is 9.59 Å². The van der Waals surface area contributed by atoms with Crippen molar-refractivity contribution >= 4 is 11.9 Å². The van der Waals surface area contributed by atoms with E-state index in [4.69, 9.17) is 0 Å². The Bertz CT molecular complexity index is 349. The first-order valence-corrected chi connectivity index (χ1v) is 7.49. The molecule has 108 valence electrons. The molecule has 0 radical (unpaired) electrons. The minimum absolute atomic E-state index is 0.163. The maximum atomic E-state index is 11.7. The maximum Gasteiger partial charge on any atom is 0.321 e. The van der Waals surface area contributed by atoms with Gasteiger partial charge < -0.3 is 10.2 Å². The molecule has 3 atom stereocenters. The molecule has 0 bridgehead atoms. The highest BCUT2D eigenvalue weighted by molar-refractivity contribution is 5.98. The zero-order chi connectivity index (χ0) is 14.0. The Morgan fingerprint density at radius 2 is 1.79 bits per heavy atom. The third-order valence-corrected chi connectivity index (χ3v) is 5.25.